The molecular formula is C24H40NO+. The Balaban J connectivity index is 1.42. The first kappa shape index (κ1) is 17.7. The minimum Gasteiger partial charge on any atom is -0.323 e. The first-order valence-corrected chi connectivity index (χ1v) is 11.7. The highest BCUT2D eigenvalue weighted by molar-refractivity contribution is 5.79. The molecule has 0 aromatic rings. The van der Waals surface area contributed by atoms with Gasteiger partial charge in [-0.3, -0.25) is 4.79 Å². The maximum atomic E-state index is 12.1. The second-order valence-corrected chi connectivity index (χ2v) is 11.7. The quantitative estimate of drug-likeness (QED) is 0.588. The van der Waals surface area contributed by atoms with E-state index in [0.717, 1.165) is 36.6 Å². The van der Waals surface area contributed by atoms with E-state index < -0.39 is 0 Å². The van der Waals surface area contributed by atoms with Gasteiger partial charge in [0.2, 0.25) is 0 Å². The number of quaternary nitrogens is 1. The van der Waals surface area contributed by atoms with Crippen molar-refractivity contribution in [2.24, 2.45) is 34.5 Å². The minimum absolute atomic E-state index is 0.475. The lowest BCUT2D eigenvalue weighted by molar-refractivity contribution is -0.928. The summed E-state index contributed by atoms with van der Waals surface area (Å²) in [7, 11) is 2.59. The van der Waals surface area contributed by atoms with Crippen molar-refractivity contribution in [1.29, 1.82) is 0 Å². The van der Waals surface area contributed by atoms with Gasteiger partial charge in [0.25, 0.3) is 0 Å². The molecule has 3 unspecified atom stereocenters. The Kier molecular flexibility index (Phi) is 3.96. The molecule has 7 atom stereocenters. The van der Waals surface area contributed by atoms with E-state index in [0.29, 0.717) is 22.5 Å². The predicted octanol–water partition coefficient (Wildman–Crippen LogP) is 5.21. The Labute approximate surface area is 160 Å². The number of fused-ring (bicyclic) bond motifs is 5. The molecule has 4 aliphatic carbocycles. The number of rotatable bonds is 1. The van der Waals surface area contributed by atoms with E-state index in [1.165, 1.54) is 75.4 Å². The van der Waals surface area contributed by atoms with Crippen molar-refractivity contribution in [3.05, 3.63) is 0 Å². The van der Waals surface area contributed by atoms with Gasteiger partial charge in [-0.05, 0) is 67.6 Å². The van der Waals surface area contributed by atoms with Gasteiger partial charge in [0, 0.05) is 37.5 Å². The largest absolute Gasteiger partial charge is 0.323 e. The highest BCUT2D eigenvalue weighted by Gasteiger charge is 2.63. The van der Waals surface area contributed by atoms with Crippen LogP contribution in [-0.2, 0) is 4.79 Å². The van der Waals surface area contributed by atoms with Crippen molar-refractivity contribution < 1.29 is 9.28 Å². The highest BCUT2D eigenvalue weighted by Crippen LogP contribution is 2.67. The van der Waals surface area contributed by atoms with Crippen LogP contribution in [0.5, 0.6) is 0 Å². The fraction of sp³-hybridized carbons (Fsp3) is 0.958. The number of hydrogen-bond donors (Lipinski definition) is 0. The molecule has 1 saturated heterocycles. The normalized spacial score (nSPS) is 53.0. The summed E-state index contributed by atoms with van der Waals surface area (Å²) >= 11 is 0. The van der Waals surface area contributed by atoms with Crippen LogP contribution in [0.3, 0.4) is 0 Å². The molecule has 5 fully saturated rings. The molecule has 2 nitrogen and oxygen atoms in total. The Morgan fingerprint density at radius 2 is 1.62 bits per heavy atom. The monoisotopic (exact) mass is 358 g/mol. The zero-order valence-electron chi connectivity index (χ0n) is 17.4. The molecule has 0 bridgehead atoms. The number of ketones is 1. The number of carbonyl (C=O) groups excluding carboxylic acids is 1. The molecule has 1 aliphatic heterocycles. The molecule has 0 aromatic heterocycles. The van der Waals surface area contributed by atoms with Crippen molar-refractivity contribution in [3.8, 4) is 0 Å². The second kappa shape index (κ2) is 5.82. The van der Waals surface area contributed by atoms with E-state index in [4.69, 9.17) is 0 Å². The Morgan fingerprint density at radius 3 is 2.38 bits per heavy atom. The molecule has 1 heterocycles. The first-order chi connectivity index (χ1) is 12.4. The fourth-order valence-corrected chi connectivity index (χ4v) is 9.41. The number of likely N-dealkylation sites (tertiary alicyclic amines) is 1. The summed E-state index contributed by atoms with van der Waals surface area (Å²) in [4.78, 5) is 12.1. The van der Waals surface area contributed by atoms with Gasteiger partial charge in [-0.15, -0.1) is 0 Å². The lowest BCUT2D eigenvalue weighted by Crippen LogP contribution is -2.60. The van der Waals surface area contributed by atoms with E-state index in [-0.39, 0.29) is 0 Å². The van der Waals surface area contributed by atoms with Crippen LogP contribution in [0.2, 0.25) is 0 Å². The molecule has 2 heteroatoms. The smallest absolute Gasteiger partial charge is 0.133 e. The van der Waals surface area contributed by atoms with Gasteiger partial charge in [-0.1, -0.05) is 13.8 Å². The number of Topliss-reactive ketones (excluding diaryl/α,β-unsaturated/α-hetero) is 1. The molecule has 0 N–H and O–H groups in total. The third-order valence-corrected chi connectivity index (χ3v) is 10.8. The van der Waals surface area contributed by atoms with Crippen LogP contribution in [0.1, 0.15) is 84.5 Å². The molecule has 0 aromatic carbocycles. The van der Waals surface area contributed by atoms with Gasteiger partial charge in [0.1, 0.15) is 5.78 Å². The van der Waals surface area contributed by atoms with Crippen molar-refractivity contribution in [3.63, 3.8) is 0 Å². The molecule has 26 heavy (non-hydrogen) atoms. The molecular weight excluding hydrogens is 318 g/mol. The summed E-state index contributed by atoms with van der Waals surface area (Å²) in [5.74, 6) is 4.10. The van der Waals surface area contributed by atoms with Crippen LogP contribution in [0.25, 0.3) is 0 Å². The van der Waals surface area contributed by atoms with Gasteiger partial charge in [0.15, 0.2) is 0 Å². The van der Waals surface area contributed by atoms with Crippen molar-refractivity contribution >= 4 is 5.78 Å². The maximum Gasteiger partial charge on any atom is 0.133 e. The molecule has 5 aliphatic rings. The van der Waals surface area contributed by atoms with E-state index >= 15 is 0 Å². The second-order valence-electron chi connectivity index (χ2n) is 11.7. The SMILES string of the molecule is C[C@]12CCC3C(CC[C@H]4CC(=O)CC[C@]34C)C1CC[C@@H]2[N+]1(C)CCCC1. The van der Waals surface area contributed by atoms with Gasteiger partial charge in [0.05, 0.1) is 26.2 Å². The summed E-state index contributed by atoms with van der Waals surface area (Å²) < 4.78 is 1.39. The summed E-state index contributed by atoms with van der Waals surface area (Å²) in [6.07, 6.45) is 14.5. The van der Waals surface area contributed by atoms with Crippen LogP contribution in [-0.4, -0.2) is 36.4 Å². The van der Waals surface area contributed by atoms with Crippen molar-refractivity contribution in [1.82, 2.24) is 0 Å². The van der Waals surface area contributed by atoms with Crippen LogP contribution >= 0.6 is 0 Å². The van der Waals surface area contributed by atoms with Gasteiger partial charge >= 0.3 is 0 Å². The molecule has 0 radical (unpaired) electrons. The topological polar surface area (TPSA) is 17.1 Å². The molecule has 5 rings (SSSR count). The van der Waals surface area contributed by atoms with Gasteiger partial charge in [-0.25, -0.2) is 0 Å². The Morgan fingerprint density at radius 1 is 0.885 bits per heavy atom. The highest BCUT2D eigenvalue weighted by atomic mass is 16.1. The number of hydrogen-bond acceptors (Lipinski definition) is 1. The number of carbonyl (C=O) groups is 1. The zero-order valence-corrected chi connectivity index (χ0v) is 17.4. The Bertz CT molecular complexity index is 593. The van der Waals surface area contributed by atoms with E-state index in [9.17, 15) is 4.79 Å². The lowest BCUT2D eigenvalue weighted by atomic mass is 9.45. The number of nitrogens with zero attached hydrogens (tertiary/aromatic N) is 1. The standard InChI is InChI=1S/C24H40NO/c1-23-12-10-18(26)16-17(23)6-7-19-20-8-9-22(25(3)14-4-5-15-25)24(20,2)13-11-21(19)23/h17,19-22H,4-16H2,1-3H3/q+1/t17-,19?,20?,21?,22-,23-,24-/m0/s1. The first-order valence-electron chi connectivity index (χ1n) is 11.7. The molecule has 0 spiro atoms. The summed E-state index contributed by atoms with van der Waals surface area (Å²) in [6, 6.07) is 0.925. The minimum atomic E-state index is 0.475. The third-order valence-electron chi connectivity index (χ3n) is 10.8. The van der Waals surface area contributed by atoms with Gasteiger partial charge in [-0.2, -0.15) is 0 Å². The van der Waals surface area contributed by atoms with E-state index in [1.54, 1.807) is 0 Å². The lowest BCUT2D eigenvalue weighted by Gasteiger charge is -2.60. The predicted molar refractivity (Wildman–Crippen MR) is 106 cm³/mol. The van der Waals surface area contributed by atoms with Crippen LogP contribution in [0.15, 0.2) is 0 Å². The summed E-state index contributed by atoms with van der Waals surface area (Å²) in [5, 5.41) is 0. The average Bonchev–Trinajstić information content (AvgIpc) is 3.19. The van der Waals surface area contributed by atoms with Crippen LogP contribution in [0, 0.1) is 34.5 Å². The zero-order chi connectivity index (χ0) is 18.2. The van der Waals surface area contributed by atoms with Crippen molar-refractivity contribution in [2.75, 3.05) is 20.1 Å². The van der Waals surface area contributed by atoms with E-state index in [2.05, 4.69) is 20.9 Å². The van der Waals surface area contributed by atoms with Gasteiger partial charge < -0.3 is 4.48 Å². The average molecular weight is 359 g/mol. The van der Waals surface area contributed by atoms with Crippen molar-refractivity contribution in [2.45, 2.75) is 90.5 Å². The van der Waals surface area contributed by atoms with E-state index in [1.807, 2.05) is 0 Å². The van der Waals surface area contributed by atoms with Crippen LogP contribution in [0.4, 0.5) is 0 Å². The third kappa shape index (κ3) is 2.29. The molecule has 146 valence electrons. The summed E-state index contributed by atoms with van der Waals surface area (Å²) in [5.41, 5.74) is 1.07. The molecule has 4 saturated carbocycles. The summed E-state index contributed by atoms with van der Waals surface area (Å²) in [6.45, 7) is 8.16. The molecule has 0 amide bonds. The maximum absolute atomic E-state index is 12.1. The Hall–Kier alpha value is -0.370. The fourth-order valence-electron chi connectivity index (χ4n) is 9.41. The van der Waals surface area contributed by atoms with Crippen LogP contribution < -0.4 is 0 Å².